The fourth-order valence-electron chi connectivity index (χ4n) is 2.02. The van der Waals surface area contributed by atoms with Crippen LogP contribution in [0.4, 0.5) is 10.1 Å². The van der Waals surface area contributed by atoms with Crippen molar-refractivity contribution in [2.24, 2.45) is 0 Å². The normalized spacial score (nSPS) is 10.5. The average Bonchev–Trinajstić information content (AvgIpc) is 2.89. The van der Waals surface area contributed by atoms with Gasteiger partial charge in [0.25, 0.3) is 0 Å². The minimum absolute atomic E-state index is 0.112. The first-order valence-electron chi connectivity index (χ1n) is 6.19. The summed E-state index contributed by atoms with van der Waals surface area (Å²) in [5.41, 5.74) is 1.24. The van der Waals surface area contributed by atoms with Crippen molar-refractivity contribution in [3.8, 4) is 0 Å². The van der Waals surface area contributed by atoms with Crippen molar-refractivity contribution >= 4 is 22.8 Å². The number of benzene rings is 1. The van der Waals surface area contributed by atoms with Gasteiger partial charge in [-0.2, -0.15) is 0 Å². The standard InChI is InChI=1S/C15H16FNOS/c1-3-17(10-13-5-4-8-19-13)15-7-6-12(16)9-14(15)11(2)18/h4-9H,3,10H2,1-2H3. The third-order valence-corrected chi connectivity index (χ3v) is 3.85. The molecule has 0 spiro atoms. The second-order valence-electron chi connectivity index (χ2n) is 4.31. The van der Waals surface area contributed by atoms with Gasteiger partial charge in [0, 0.05) is 22.7 Å². The molecule has 0 aliphatic carbocycles. The number of halogens is 1. The molecule has 0 unspecified atom stereocenters. The minimum atomic E-state index is -0.374. The summed E-state index contributed by atoms with van der Waals surface area (Å²) in [4.78, 5) is 15.0. The summed E-state index contributed by atoms with van der Waals surface area (Å²) in [5.74, 6) is -0.486. The van der Waals surface area contributed by atoms with E-state index in [0.29, 0.717) is 5.56 Å². The molecule has 0 radical (unpaired) electrons. The van der Waals surface area contributed by atoms with Crippen LogP contribution in [0.25, 0.3) is 0 Å². The van der Waals surface area contributed by atoms with Crippen molar-refractivity contribution in [1.82, 2.24) is 0 Å². The summed E-state index contributed by atoms with van der Waals surface area (Å²) in [6.07, 6.45) is 0. The van der Waals surface area contributed by atoms with E-state index in [9.17, 15) is 9.18 Å². The molecule has 0 aliphatic heterocycles. The van der Waals surface area contributed by atoms with E-state index in [0.717, 1.165) is 18.8 Å². The molecule has 2 rings (SSSR count). The molecule has 0 saturated carbocycles. The monoisotopic (exact) mass is 277 g/mol. The molecule has 100 valence electrons. The number of carbonyl (C=O) groups is 1. The van der Waals surface area contributed by atoms with Crippen LogP contribution in [0.15, 0.2) is 35.7 Å². The smallest absolute Gasteiger partial charge is 0.161 e. The fraction of sp³-hybridized carbons (Fsp3) is 0.267. The Morgan fingerprint density at radius 1 is 1.37 bits per heavy atom. The van der Waals surface area contributed by atoms with Gasteiger partial charge >= 0.3 is 0 Å². The maximum Gasteiger partial charge on any atom is 0.161 e. The van der Waals surface area contributed by atoms with Gasteiger partial charge < -0.3 is 4.90 Å². The van der Waals surface area contributed by atoms with Crippen LogP contribution >= 0.6 is 11.3 Å². The molecule has 1 aromatic heterocycles. The van der Waals surface area contributed by atoms with Crippen LogP contribution in [0.1, 0.15) is 29.1 Å². The zero-order valence-electron chi connectivity index (χ0n) is 11.0. The van der Waals surface area contributed by atoms with Gasteiger partial charge in [0.2, 0.25) is 0 Å². The quantitative estimate of drug-likeness (QED) is 0.766. The molecule has 4 heteroatoms. The Bertz CT molecular complexity index is 566. The number of anilines is 1. The highest BCUT2D eigenvalue weighted by molar-refractivity contribution is 7.09. The lowest BCUT2D eigenvalue weighted by molar-refractivity contribution is 0.101. The van der Waals surface area contributed by atoms with Gasteiger partial charge in [-0.3, -0.25) is 4.79 Å². The Morgan fingerprint density at radius 3 is 2.74 bits per heavy atom. The van der Waals surface area contributed by atoms with Gasteiger partial charge in [-0.15, -0.1) is 11.3 Å². The number of carbonyl (C=O) groups excluding carboxylic acids is 1. The maximum absolute atomic E-state index is 13.3. The van der Waals surface area contributed by atoms with Gasteiger partial charge in [-0.25, -0.2) is 4.39 Å². The largest absolute Gasteiger partial charge is 0.366 e. The predicted molar refractivity (Wildman–Crippen MR) is 77.4 cm³/mol. The van der Waals surface area contributed by atoms with E-state index < -0.39 is 0 Å². The lowest BCUT2D eigenvalue weighted by atomic mass is 10.1. The molecule has 2 nitrogen and oxygen atoms in total. The highest BCUT2D eigenvalue weighted by Crippen LogP contribution is 2.25. The zero-order valence-corrected chi connectivity index (χ0v) is 11.8. The lowest BCUT2D eigenvalue weighted by Gasteiger charge is -2.24. The summed E-state index contributed by atoms with van der Waals surface area (Å²) >= 11 is 1.68. The molecule has 0 aliphatic rings. The Kier molecular flexibility index (Phi) is 4.32. The van der Waals surface area contributed by atoms with Gasteiger partial charge in [-0.1, -0.05) is 6.07 Å². The minimum Gasteiger partial charge on any atom is -0.366 e. The third kappa shape index (κ3) is 3.20. The average molecular weight is 277 g/mol. The van der Waals surface area contributed by atoms with Crippen molar-refractivity contribution in [3.05, 3.63) is 52.0 Å². The molecule has 1 aromatic carbocycles. The van der Waals surface area contributed by atoms with Crippen molar-refractivity contribution in [3.63, 3.8) is 0 Å². The number of Topliss-reactive ketones (excluding diaryl/α,β-unsaturated/α-hetero) is 1. The van der Waals surface area contributed by atoms with E-state index in [4.69, 9.17) is 0 Å². The fourth-order valence-corrected chi connectivity index (χ4v) is 2.74. The molecular formula is C15H16FNOS. The van der Waals surface area contributed by atoms with Crippen molar-refractivity contribution in [1.29, 1.82) is 0 Å². The van der Waals surface area contributed by atoms with Crippen LogP contribution in [0.3, 0.4) is 0 Å². The first-order chi connectivity index (χ1) is 9.11. The number of hydrogen-bond donors (Lipinski definition) is 0. The molecule has 1 heterocycles. The lowest BCUT2D eigenvalue weighted by Crippen LogP contribution is -2.23. The molecule has 0 atom stereocenters. The summed E-state index contributed by atoms with van der Waals surface area (Å²) in [7, 11) is 0. The van der Waals surface area contributed by atoms with Crippen molar-refractivity contribution < 1.29 is 9.18 Å². The number of thiophene rings is 1. The molecule has 0 saturated heterocycles. The van der Waals surface area contributed by atoms with Crippen molar-refractivity contribution in [2.45, 2.75) is 20.4 Å². The summed E-state index contributed by atoms with van der Waals surface area (Å²) < 4.78 is 13.3. The highest BCUT2D eigenvalue weighted by Gasteiger charge is 2.14. The first kappa shape index (κ1) is 13.7. The van der Waals surface area contributed by atoms with Crippen LogP contribution in [0.5, 0.6) is 0 Å². The van der Waals surface area contributed by atoms with E-state index in [1.54, 1.807) is 17.4 Å². The maximum atomic E-state index is 13.3. The zero-order chi connectivity index (χ0) is 13.8. The summed E-state index contributed by atoms with van der Waals surface area (Å²) in [6.45, 7) is 5.00. The van der Waals surface area contributed by atoms with E-state index in [1.165, 1.54) is 23.9 Å². The number of hydrogen-bond acceptors (Lipinski definition) is 3. The van der Waals surface area contributed by atoms with Gasteiger partial charge in [-0.05, 0) is 43.5 Å². The van der Waals surface area contributed by atoms with Gasteiger partial charge in [0.1, 0.15) is 5.82 Å². The van der Waals surface area contributed by atoms with E-state index in [2.05, 4.69) is 11.0 Å². The Labute approximate surface area is 116 Å². The third-order valence-electron chi connectivity index (χ3n) is 2.99. The van der Waals surface area contributed by atoms with Crippen molar-refractivity contribution in [2.75, 3.05) is 11.4 Å². The second-order valence-corrected chi connectivity index (χ2v) is 5.34. The number of ketones is 1. The topological polar surface area (TPSA) is 20.3 Å². The van der Waals surface area contributed by atoms with Crippen LogP contribution in [0.2, 0.25) is 0 Å². The van der Waals surface area contributed by atoms with Crippen LogP contribution < -0.4 is 4.90 Å². The second kappa shape index (κ2) is 5.97. The van der Waals surface area contributed by atoms with Gasteiger partial charge in [0.05, 0.1) is 6.54 Å². The SMILES string of the molecule is CCN(Cc1cccs1)c1ccc(F)cc1C(C)=O. The van der Waals surface area contributed by atoms with Crippen LogP contribution in [0, 0.1) is 5.82 Å². The number of nitrogens with zero attached hydrogens (tertiary/aromatic N) is 1. The van der Waals surface area contributed by atoms with E-state index >= 15 is 0 Å². The predicted octanol–water partition coefficient (Wildman–Crippen LogP) is 4.12. The first-order valence-corrected chi connectivity index (χ1v) is 7.07. The van der Waals surface area contributed by atoms with E-state index in [1.807, 2.05) is 18.4 Å². The molecule has 0 fully saturated rings. The Morgan fingerprint density at radius 2 is 2.16 bits per heavy atom. The van der Waals surface area contributed by atoms with Crippen LogP contribution in [-0.2, 0) is 6.54 Å². The molecular weight excluding hydrogens is 261 g/mol. The number of rotatable bonds is 5. The Balaban J connectivity index is 2.35. The summed E-state index contributed by atoms with van der Waals surface area (Å²) in [6, 6.07) is 8.46. The summed E-state index contributed by atoms with van der Waals surface area (Å²) in [5, 5.41) is 2.03. The van der Waals surface area contributed by atoms with E-state index in [-0.39, 0.29) is 11.6 Å². The van der Waals surface area contributed by atoms with Gasteiger partial charge in [0.15, 0.2) is 5.78 Å². The molecule has 2 aromatic rings. The van der Waals surface area contributed by atoms with Crippen LogP contribution in [-0.4, -0.2) is 12.3 Å². The molecule has 0 amide bonds. The molecule has 19 heavy (non-hydrogen) atoms. The highest BCUT2D eigenvalue weighted by atomic mass is 32.1. The Hall–Kier alpha value is -1.68. The molecule has 0 bridgehead atoms. The molecule has 0 N–H and O–H groups in total.